The second-order valence-corrected chi connectivity index (χ2v) is 5.48. The molecule has 5 heteroatoms. The van der Waals surface area contributed by atoms with E-state index >= 15 is 0 Å². The summed E-state index contributed by atoms with van der Waals surface area (Å²) >= 11 is 1.68. The highest BCUT2D eigenvalue weighted by molar-refractivity contribution is 7.07. The summed E-state index contributed by atoms with van der Waals surface area (Å²) in [5, 5.41) is 18.3. The van der Waals surface area contributed by atoms with Gasteiger partial charge in [-0.3, -0.25) is 10.1 Å². The largest absolute Gasteiger partial charge is 0.382 e. The Labute approximate surface area is 116 Å². The topological polar surface area (TPSA) is 55.2 Å². The van der Waals surface area contributed by atoms with Gasteiger partial charge in [0, 0.05) is 23.9 Å². The van der Waals surface area contributed by atoms with Crippen molar-refractivity contribution in [3.05, 3.63) is 56.3 Å². The molecule has 0 saturated heterocycles. The summed E-state index contributed by atoms with van der Waals surface area (Å²) in [5.74, 6) is 0. The molecule has 1 unspecified atom stereocenters. The second kappa shape index (κ2) is 5.84. The predicted octanol–water partition coefficient (Wildman–Crippen LogP) is 4.01. The van der Waals surface area contributed by atoms with Crippen molar-refractivity contribution >= 4 is 22.7 Å². The average molecular weight is 276 g/mol. The summed E-state index contributed by atoms with van der Waals surface area (Å²) in [6, 6.07) is 7.42. The van der Waals surface area contributed by atoms with Crippen molar-refractivity contribution in [2.45, 2.75) is 26.3 Å². The maximum Gasteiger partial charge on any atom is 0.271 e. The predicted molar refractivity (Wildman–Crippen MR) is 78.9 cm³/mol. The summed E-state index contributed by atoms with van der Waals surface area (Å²) in [6.45, 7) is 3.94. The van der Waals surface area contributed by atoms with Gasteiger partial charge in [-0.1, -0.05) is 0 Å². The third kappa shape index (κ3) is 3.79. The Kier molecular flexibility index (Phi) is 4.16. The lowest BCUT2D eigenvalue weighted by Gasteiger charge is -2.15. The molecule has 0 aliphatic rings. The summed E-state index contributed by atoms with van der Waals surface area (Å²) in [4.78, 5) is 10.5. The molecule has 1 heterocycles. The van der Waals surface area contributed by atoms with Gasteiger partial charge < -0.3 is 5.32 Å². The molecule has 2 rings (SSSR count). The lowest BCUT2D eigenvalue weighted by atomic mass is 10.1. The van der Waals surface area contributed by atoms with Crippen molar-refractivity contribution < 1.29 is 4.92 Å². The Morgan fingerprint density at radius 2 is 2.21 bits per heavy atom. The molecule has 0 bridgehead atoms. The van der Waals surface area contributed by atoms with Crippen LogP contribution in [0.2, 0.25) is 0 Å². The Balaban J connectivity index is 2.08. The maximum absolute atomic E-state index is 10.8. The molecule has 4 nitrogen and oxygen atoms in total. The van der Waals surface area contributed by atoms with Crippen LogP contribution in [0.5, 0.6) is 0 Å². The minimum Gasteiger partial charge on any atom is -0.382 e. The van der Waals surface area contributed by atoms with E-state index in [1.165, 1.54) is 5.56 Å². The third-order valence-corrected chi connectivity index (χ3v) is 3.54. The summed E-state index contributed by atoms with van der Waals surface area (Å²) in [7, 11) is 0. The van der Waals surface area contributed by atoms with Crippen LogP contribution in [-0.4, -0.2) is 11.0 Å². The SMILES string of the molecule is Cc1cc(NC(C)Cc2ccsc2)cc([N+](=O)[O-])c1. The molecule has 1 N–H and O–H groups in total. The molecular formula is C14H16N2O2S. The molecule has 0 aliphatic carbocycles. The highest BCUT2D eigenvalue weighted by atomic mass is 32.1. The van der Waals surface area contributed by atoms with E-state index in [1.54, 1.807) is 23.5 Å². The van der Waals surface area contributed by atoms with Gasteiger partial charge in [0.25, 0.3) is 5.69 Å². The van der Waals surface area contributed by atoms with Gasteiger partial charge in [0.1, 0.15) is 0 Å². The number of nitrogens with zero attached hydrogens (tertiary/aromatic N) is 1. The molecule has 0 radical (unpaired) electrons. The van der Waals surface area contributed by atoms with Gasteiger partial charge in [-0.25, -0.2) is 0 Å². The van der Waals surface area contributed by atoms with Gasteiger partial charge in [0.05, 0.1) is 4.92 Å². The van der Waals surface area contributed by atoms with Gasteiger partial charge in [-0.05, 0) is 54.3 Å². The number of rotatable bonds is 5. The van der Waals surface area contributed by atoms with Crippen molar-refractivity contribution in [3.63, 3.8) is 0 Å². The monoisotopic (exact) mass is 276 g/mol. The highest BCUT2D eigenvalue weighted by Crippen LogP contribution is 2.21. The van der Waals surface area contributed by atoms with E-state index in [2.05, 4.69) is 29.1 Å². The van der Waals surface area contributed by atoms with Crippen LogP contribution in [0.15, 0.2) is 35.0 Å². The number of non-ortho nitro benzene ring substituents is 1. The number of hydrogen-bond donors (Lipinski definition) is 1. The van der Waals surface area contributed by atoms with Crippen molar-refractivity contribution in [2.24, 2.45) is 0 Å². The molecule has 1 aromatic carbocycles. The Morgan fingerprint density at radius 1 is 1.42 bits per heavy atom. The highest BCUT2D eigenvalue weighted by Gasteiger charge is 2.10. The fourth-order valence-electron chi connectivity index (χ4n) is 2.05. The van der Waals surface area contributed by atoms with Crippen LogP contribution in [-0.2, 0) is 6.42 Å². The van der Waals surface area contributed by atoms with Crippen LogP contribution >= 0.6 is 11.3 Å². The second-order valence-electron chi connectivity index (χ2n) is 4.70. The van der Waals surface area contributed by atoms with Crippen molar-refractivity contribution in [2.75, 3.05) is 5.32 Å². The fraction of sp³-hybridized carbons (Fsp3) is 0.286. The first-order valence-electron chi connectivity index (χ1n) is 6.08. The molecular weight excluding hydrogens is 260 g/mol. The average Bonchev–Trinajstić information content (AvgIpc) is 2.80. The molecule has 0 aliphatic heterocycles. The van der Waals surface area contributed by atoms with E-state index in [9.17, 15) is 10.1 Å². The summed E-state index contributed by atoms with van der Waals surface area (Å²) < 4.78 is 0. The molecule has 1 atom stereocenters. The lowest BCUT2D eigenvalue weighted by molar-refractivity contribution is -0.384. The Bertz CT molecular complexity index is 567. The van der Waals surface area contributed by atoms with E-state index in [1.807, 2.05) is 13.0 Å². The number of anilines is 1. The van der Waals surface area contributed by atoms with Crippen LogP contribution in [0.3, 0.4) is 0 Å². The van der Waals surface area contributed by atoms with Crippen molar-refractivity contribution in [1.29, 1.82) is 0 Å². The molecule has 100 valence electrons. The van der Waals surface area contributed by atoms with Crippen LogP contribution < -0.4 is 5.32 Å². The molecule has 1 aromatic heterocycles. The standard InChI is InChI=1S/C14H16N2O2S/c1-10-5-13(8-14(6-10)16(17)18)15-11(2)7-12-3-4-19-9-12/h3-6,8-9,11,15H,7H2,1-2H3. The first-order chi connectivity index (χ1) is 9.04. The minimum atomic E-state index is -0.359. The van der Waals surface area contributed by atoms with E-state index in [0.717, 1.165) is 17.7 Å². The quantitative estimate of drug-likeness (QED) is 0.663. The number of nitro benzene ring substituents is 1. The Hall–Kier alpha value is -1.88. The number of nitro groups is 1. The zero-order valence-corrected chi connectivity index (χ0v) is 11.7. The van der Waals surface area contributed by atoms with Crippen molar-refractivity contribution in [3.8, 4) is 0 Å². The zero-order chi connectivity index (χ0) is 13.8. The number of aryl methyl sites for hydroxylation is 1. The maximum atomic E-state index is 10.8. The molecule has 0 amide bonds. The van der Waals surface area contributed by atoms with Gasteiger partial charge in [-0.15, -0.1) is 0 Å². The molecule has 19 heavy (non-hydrogen) atoms. The fourth-order valence-corrected chi connectivity index (χ4v) is 2.73. The number of nitrogens with one attached hydrogen (secondary N) is 1. The summed E-state index contributed by atoms with van der Waals surface area (Å²) in [5.41, 5.74) is 3.10. The summed E-state index contributed by atoms with van der Waals surface area (Å²) in [6.07, 6.45) is 0.908. The third-order valence-electron chi connectivity index (χ3n) is 2.81. The molecule has 0 fully saturated rings. The van der Waals surface area contributed by atoms with Gasteiger partial charge in [0.2, 0.25) is 0 Å². The van der Waals surface area contributed by atoms with Gasteiger partial charge in [-0.2, -0.15) is 11.3 Å². The minimum absolute atomic E-state index is 0.130. The number of thiophene rings is 1. The Morgan fingerprint density at radius 3 is 2.84 bits per heavy atom. The van der Waals surface area contributed by atoms with Crippen molar-refractivity contribution in [1.82, 2.24) is 0 Å². The van der Waals surface area contributed by atoms with Crippen LogP contribution in [0.1, 0.15) is 18.1 Å². The molecule has 2 aromatic rings. The smallest absolute Gasteiger partial charge is 0.271 e. The van der Waals surface area contributed by atoms with Crippen LogP contribution in [0, 0.1) is 17.0 Å². The number of hydrogen-bond acceptors (Lipinski definition) is 4. The first-order valence-corrected chi connectivity index (χ1v) is 7.02. The van der Waals surface area contributed by atoms with Crippen LogP contribution in [0.4, 0.5) is 11.4 Å². The number of benzene rings is 1. The van der Waals surface area contributed by atoms with E-state index in [-0.39, 0.29) is 16.7 Å². The van der Waals surface area contributed by atoms with E-state index in [4.69, 9.17) is 0 Å². The first kappa shape index (κ1) is 13.5. The normalized spacial score (nSPS) is 12.1. The lowest BCUT2D eigenvalue weighted by Crippen LogP contribution is -2.17. The van der Waals surface area contributed by atoms with Gasteiger partial charge >= 0.3 is 0 Å². The van der Waals surface area contributed by atoms with E-state index in [0.29, 0.717) is 0 Å². The molecule has 0 saturated carbocycles. The van der Waals surface area contributed by atoms with Gasteiger partial charge in [0.15, 0.2) is 0 Å². The zero-order valence-electron chi connectivity index (χ0n) is 10.9. The van der Waals surface area contributed by atoms with E-state index < -0.39 is 0 Å². The molecule has 0 spiro atoms. The van der Waals surface area contributed by atoms with Crippen LogP contribution in [0.25, 0.3) is 0 Å².